The predicted molar refractivity (Wildman–Crippen MR) is 104 cm³/mol. The van der Waals surface area contributed by atoms with Crippen LogP contribution in [-0.4, -0.2) is 41.5 Å². The third-order valence-corrected chi connectivity index (χ3v) is 5.07. The number of nitrogens with one attached hydrogen (secondary N) is 2. The highest BCUT2D eigenvalue weighted by Crippen LogP contribution is 2.28. The molecule has 0 bridgehead atoms. The first-order valence-corrected chi connectivity index (χ1v) is 9.50. The Kier molecular flexibility index (Phi) is 5.70. The summed E-state index contributed by atoms with van der Waals surface area (Å²) in [6.45, 7) is 2.04. The summed E-state index contributed by atoms with van der Waals surface area (Å²) in [4.78, 5) is 12.5. The predicted octanol–water partition coefficient (Wildman–Crippen LogP) is 2.36. The normalized spacial score (nSPS) is 21.4. The van der Waals surface area contributed by atoms with Crippen LogP contribution in [0.15, 0.2) is 54.3 Å². The number of hydrogen-bond donors (Lipinski definition) is 2. The maximum atomic E-state index is 14.6. The molecule has 1 fully saturated rings. The fourth-order valence-corrected chi connectivity index (χ4v) is 3.45. The van der Waals surface area contributed by atoms with Crippen LogP contribution in [0.5, 0.6) is 0 Å². The van der Waals surface area contributed by atoms with E-state index in [1.165, 1.54) is 29.2 Å². The second-order valence-electron chi connectivity index (χ2n) is 7.06. The molecule has 1 aromatic heterocycles. The van der Waals surface area contributed by atoms with E-state index in [2.05, 4.69) is 15.7 Å². The van der Waals surface area contributed by atoms with Crippen LogP contribution in [0.2, 0.25) is 0 Å². The minimum absolute atomic E-state index is 0.0947. The molecule has 7 nitrogen and oxygen atoms in total. The summed E-state index contributed by atoms with van der Waals surface area (Å²) >= 11 is 0. The SMILES string of the molecule is N#Cc1ccc(-n2cc(C(=O)NC3=C(F)CC([C@H]4CNCCO4)C=C3)cn2)c(F)c1. The van der Waals surface area contributed by atoms with Gasteiger partial charge in [0.05, 0.1) is 41.8 Å². The maximum absolute atomic E-state index is 14.6. The molecule has 30 heavy (non-hydrogen) atoms. The lowest BCUT2D eigenvalue weighted by Crippen LogP contribution is -2.42. The van der Waals surface area contributed by atoms with E-state index in [9.17, 15) is 13.6 Å². The fraction of sp³-hybridized carbons (Fsp3) is 0.286. The molecule has 4 rings (SSSR count). The number of ether oxygens (including phenoxy) is 1. The molecule has 0 spiro atoms. The molecular formula is C21H19F2N5O2. The third kappa shape index (κ3) is 4.15. The van der Waals surface area contributed by atoms with E-state index in [0.29, 0.717) is 13.2 Å². The molecule has 2 heterocycles. The topological polar surface area (TPSA) is 92.0 Å². The van der Waals surface area contributed by atoms with Gasteiger partial charge in [0.2, 0.25) is 0 Å². The minimum Gasteiger partial charge on any atom is -0.375 e. The van der Waals surface area contributed by atoms with Gasteiger partial charge in [-0.1, -0.05) is 6.08 Å². The van der Waals surface area contributed by atoms with Gasteiger partial charge in [-0.25, -0.2) is 13.5 Å². The van der Waals surface area contributed by atoms with Gasteiger partial charge in [0.15, 0.2) is 0 Å². The van der Waals surface area contributed by atoms with Crippen molar-refractivity contribution in [1.82, 2.24) is 20.4 Å². The largest absolute Gasteiger partial charge is 0.375 e. The zero-order valence-corrected chi connectivity index (χ0v) is 15.9. The molecule has 1 unspecified atom stereocenters. The van der Waals surface area contributed by atoms with Crippen LogP contribution in [0.4, 0.5) is 8.78 Å². The van der Waals surface area contributed by atoms with E-state index < -0.39 is 17.6 Å². The van der Waals surface area contributed by atoms with Crippen molar-refractivity contribution in [3.8, 4) is 11.8 Å². The molecule has 1 aliphatic heterocycles. The summed E-state index contributed by atoms with van der Waals surface area (Å²) < 4.78 is 35.6. The maximum Gasteiger partial charge on any atom is 0.258 e. The zero-order chi connectivity index (χ0) is 21.1. The highest BCUT2D eigenvalue weighted by molar-refractivity contribution is 5.95. The van der Waals surface area contributed by atoms with Gasteiger partial charge in [-0.3, -0.25) is 4.79 Å². The number of benzene rings is 1. The quantitative estimate of drug-likeness (QED) is 0.806. The van der Waals surface area contributed by atoms with Gasteiger partial charge >= 0.3 is 0 Å². The van der Waals surface area contributed by atoms with Gasteiger partial charge in [-0.05, 0) is 24.3 Å². The van der Waals surface area contributed by atoms with Crippen molar-refractivity contribution in [1.29, 1.82) is 5.26 Å². The molecule has 2 N–H and O–H groups in total. The summed E-state index contributed by atoms with van der Waals surface area (Å²) in [5.74, 6) is -1.71. The van der Waals surface area contributed by atoms with Gasteiger partial charge in [0.25, 0.3) is 5.91 Å². The molecule has 1 saturated heterocycles. The molecule has 0 radical (unpaired) electrons. The van der Waals surface area contributed by atoms with E-state index in [-0.39, 0.29) is 41.0 Å². The molecule has 154 valence electrons. The lowest BCUT2D eigenvalue weighted by molar-refractivity contribution is 0.00167. The fourth-order valence-electron chi connectivity index (χ4n) is 3.45. The summed E-state index contributed by atoms with van der Waals surface area (Å²) in [6, 6.07) is 5.79. The number of nitrogens with zero attached hydrogens (tertiary/aromatic N) is 3. The molecule has 1 aromatic carbocycles. The number of carbonyl (C=O) groups excluding carboxylic acids is 1. The Bertz CT molecular complexity index is 1060. The van der Waals surface area contributed by atoms with Crippen molar-refractivity contribution < 1.29 is 18.3 Å². The average Bonchev–Trinajstić information content (AvgIpc) is 3.25. The number of amides is 1. The van der Waals surface area contributed by atoms with Crippen molar-refractivity contribution in [2.75, 3.05) is 19.7 Å². The Morgan fingerprint density at radius 1 is 1.40 bits per heavy atom. The number of carbonyl (C=O) groups is 1. The van der Waals surface area contributed by atoms with Gasteiger partial charge in [-0.15, -0.1) is 0 Å². The monoisotopic (exact) mass is 411 g/mol. The van der Waals surface area contributed by atoms with Crippen molar-refractivity contribution in [2.45, 2.75) is 12.5 Å². The minimum atomic E-state index is -0.640. The van der Waals surface area contributed by atoms with Crippen molar-refractivity contribution >= 4 is 5.91 Å². The standard InChI is InChI=1S/C21H19F2N5O2/c22-16-8-14(20-11-25-5-6-30-20)2-3-18(16)27-21(29)15-10-26-28(12-15)19-4-1-13(9-24)7-17(19)23/h1-4,7,10,12,14,20,25H,5-6,8,11H2,(H,27,29)/t14?,20-/m1/s1. The first-order chi connectivity index (χ1) is 14.5. The van der Waals surface area contributed by atoms with Crippen LogP contribution in [0.1, 0.15) is 22.3 Å². The number of allylic oxidation sites excluding steroid dienone is 2. The number of halogens is 2. The molecule has 2 atom stereocenters. The van der Waals surface area contributed by atoms with Crippen LogP contribution in [0.3, 0.4) is 0 Å². The summed E-state index contributed by atoms with van der Waals surface area (Å²) in [5.41, 5.74) is 0.521. The van der Waals surface area contributed by atoms with Crippen LogP contribution < -0.4 is 10.6 Å². The molecule has 2 aliphatic rings. The molecule has 1 aliphatic carbocycles. The van der Waals surface area contributed by atoms with E-state index in [0.717, 1.165) is 12.6 Å². The number of morpholine rings is 1. The highest BCUT2D eigenvalue weighted by Gasteiger charge is 2.27. The van der Waals surface area contributed by atoms with E-state index in [1.54, 1.807) is 6.08 Å². The average molecular weight is 411 g/mol. The van der Waals surface area contributed by atoms with Crippen LogP contribution in [0, 0.1) is 23.1 Å². The Morgan fingerprint density at radius 3 is 2.97 bits per heavy atom. The Labute approximate surface area is 171 Å². The zero-order valence-electron chi connectivity index (χ0n) is 15.9. The van der Waals surface area contributed by atoms with E-state index in [1.807, 2.05) is 12.1 Å². The van der Waals surface area contributed by atoms with Crippen LogP contribution in [-0.2, 0) is 4.74 Å². The van der Waals surface area contributed by atoms with Crippen molar-refractivity contribution in [3.05, 3.63) is 71.2 Å². The Morgan fingerprint density at radius 2 is 2.27 bits per heavy atom. The van der Waals surface area contributed by atoms with Gasteiger partial charge in [0.1, 0.15) is 17.3 Å². The molecule has 9 heteroatoms. The second-order valence-corrected chi connectivity index (χ2v) is 7.06. The van der Waals surface area contributed by atoms with Crippen molar-refractivity contribution in [3.63, 3.8) is 0 Å². The van der Waals surface area contributed by atoms with Gasteiger partial charge < -0.3 is 15.4 Å². The van der Waals surface area contributed by atoms with Crippen molar-refractivity contribution in [2.24, 2.45) is 5.92 Å². The summed E-state index contributed by atoms with van der Waals surface area (Å²) in [6.07, 6.45) is 6.04. The lowest BCUT2D eigenvalue weighted by atomic mass is 9.92. The molecular weight excluding hydrogens is 392 g/mol. The number of aromatic nitrogens is 2. The molecule has 2 aromatic rings. The van der Waals surface area contributed by atoms with Crippen LogP contribution in [0.25, 0.3) is 5.69 Å². The molecule has 1 amide bonds. The summed E-state index contributed by atoms with van der Waals surface area (Å²) in [5, 5.41) is 18.6. The first kappa shape index (κ1) is 19.9. The van der Waals surface area contributed by atoms with E-state index >= 15 is 0 Å². The lowest BCUT2D eigenvalue weighted by Gasteiger charge is -2.30. The first-order valence-electron chi connectivity index (χ1n) is 9.50. The Balaban J connectivity index is 1.44. The number of nitriles is 1. The third-order valence-electron chi connectivity index (χ3n) is 5.07. The summed E-state index contributed by atoms with van der Waals surface area (Å²) in [7, 11) is 0. The molecule has 0 saturated carbocycles. The van der Waals surface area contributed by atoms with Gasteiger partial charge in [-0.2, -0.15) is 10.4 Å². The smallest absolute Gasteiger partial charge is 0.258 e. The number of hydrogen-bond acceptors (Lipinski definition) is 5. The van der Waals surface area contributed by atoms with Crippen LogP contribution >= 0.6 is 0 Å². The van der Waals surface area contributed by atoms with Gasteiger partial charge in [0, 0.05) is 31.6 Å². The second kappa shape index (κ2) is 8.57. The number of rotatable bonds is 4. The van der Waals surface area contributed by atoms with E-state index in [4.69, 9.17) is 10.00 Å². The highest BCUT2D eigenvalue weighted by atomic mass is 19.1. The Hall–Kier alpha value is -3.35.